The zero-order chi connectivity index (χ0) is 12.9. The van der Waals surface area contributed by atoms with Crippen molar-refractivity contribution in [1.29, 1.82) is 0 Å². The summed E-state index contributed by atoms with van der Waals surface area (Å²) in [4.78, 5) is 24.2. The number of carboxylic acid groups (broad SMARTS) is 1. The van der Waals surface area contributed by atoms with Gasteiger partial charge in [-0.2, -0.15) is 0 Å². The maximum absolute atomic E-state index is 11.5. The minimum atomic E-state index is -1.12. The highest BCUT2D eigenvalue weighted by atomic mass is 16.6. The van der Waals surface area contributed by atoms with Crippen LogP contribution in [0.1, 0.15) is 46.0 Å². The standard InChI is InChI=1S/C12H21NO4/c1-3-4-5-6-7-12(2,10(14)15)13-8-9-17-11(13)16/h3-9H2,1-2H3,(H,14,15). The van der Waals surface area contributed by atoms with Crippen molar-refractivity contribution in [2.45, 2.75) is 51.5 Å². The Labute approximate surface area is 102 Å². The number of carbonyl (C=O) groups excluding carboxylic acids is 1. The first kappa shape index (κ1) is 13.8. The number of ether oxygens (including phenoxy) is 1. The predicted octanol–water partition coefficient (Wildman–Crippen LogP) is 2.25. The lowest BCUT2D eigenvalue weighted by molar-refractivity contribution is -0.148. The van der Waals surface area contributed by atoms with Gasteiger partial charge in [-0.15, -0.1) is 0 Å². The van der Waals surface area contributed by atoms with E-state index in [0.717, 1.165) is 25.7 Å². The van der Waals surface area contributed by atoms with E-state index in [9.17, 15) is 14.7 Å². The summed E-state index contributed by atoms with van der Waals surface area (Å²) in [6.45, 7) is 4.37. The summed E-state index contributed by atoms with van der Waals surface area (Å²) in [5, 5.41) is 9.32. The van der Waals surface area contributed by atoms with Crippen molar-refractivity contribution in [3.63, 3.8) is 0 Å². The van der Waals surface area contributed by atoms with Crippen LogP contribution in [0.25, 0.3) is 0 Å². The Balaban J connectivity index is 2.61. The average molecular weight is 243 g/mol. The van der Waals surface area contributed by atoms with Crippen LogP contribution in [0.4, 0.5) is 4.79 Å². The molecule has 5 nitrogen and oxygen atoms in total. The number of carbonyl (C=O) groups is 2. The Kier molecular flexibility index (Phi) is 4.78. The van der Waals surface area contributed by atoms with Gasteiger partial charge >= 0.3 is 12.1 Å². The highest BCUT2D eigenvalue weighted by Gasteiger charge is 2.44. The number of aliphatic carboxylic acids is 1. The molecule has 1 heterocycles. The van der Waals surface area contributed by atoms with Gasteiger partial charge in [0.2, 0.25) is 0 Å². The van der Waals surface area contributed by atoms with E-state index in [0.29, 0.717) is 13.0 Å². The van der Waals surface area contributed by atoms with Gasteiger partial charge in [0.05, 0.1) is 6.54 Å². The molecule has 1 atom stereocenters. The zero-order valence-electron chi connectivity index (χ0n) is 10.6. The van der Waals surface area contributed by atoms with Crippen molar-refractivity contribution in [2.75, 3.05) is 13.2 Å². The molecule has 1 aliphatic rings. The first-order chi connectivity index (χ1) is 8.02. The van der Waals surface area contributed by atoms with Crippen molar-refractivity contribution in [2.24, 2.45) is 0 Å². The maximum Gasteiger partial charge on any atom is 0.410 e. The Morgan fingerprint density at radius 3 is 2.65 bits per heavy atom. The van der Waals surface area contributed by atoms with E-state index in [-0.39, 0.29) is 6.61 Å². The molecule has 1 amide bonds. The summed E-state index contributed by atoms with van der Waals surface area (Å²) in [5.41, 5.74) is -1.12. The van der Waals surface area contributed by atoms with E-state index in [2.05, 4.69) is 6.92 Å². The van der Waals surface area contributed by atoms with Crippen LogP contribution < -0.4 is 0 Å². The molecule has 1 saturated heterocycles. The summed E-state index contributed by atoms with van der Waals surface area (Å²) in [6, 6.07) is 0. The molecule has 98 valence electrons. The van der Waals surface area contributed by atoms with Crippen LogP contribution in [0.3, 0.4) is 0 Å². The predicted molar refractivity (Wildman–Crippen MR) is 62.9 cm³/mol. The fourth-order valence-corrected chi connectivity index (χ4v) is 2.10. The van der Waals surface area contributed by atoms with Crippen molar-refractivity contribution < 1.29 is 19.4 Å². The molecule has 17 heavy (non-hydrogen) atoms. The summed E-state index contributed by atoms with van der Waals surface area (Å²) in [6.07, 6.45) is 4.00. The Hall–Kier alpha value is -1.26. The van der Waals surface area contributed by atoms with Crippen LogP contribution in [-0.2, 0) is 9.53 Å². The van der Waals surface area contributed by atoms with Crippen LogP contribution >= 0.6 is 0 Å². The van der Waals surface area contributed by atoms with E-state index in [1.165, 1.54) is 4.90 Å². The van der Waals surface area contributed by atoms with Crippen LogP contribution in [-0.4, -0.2) is 40.8 Å². The average Bonchev–Trinajstić information content (AvgIpc) is 2.71. The third kappa shape index (κ3) is 3.11. The van der Waals surface area contributed by atoms with Crippen molar-refractivity contribution in [3.05, 3.63) is 0 Å². The van der Waals surface area contributed by atoms with E-state index in [1.807, 2.05) is 0 Å². The largest absolute Gasteiger partial charge is 0.480 e. The lowest BCUT2D eigenvalue weighted by Gasteiger charge is -2.33. The molecule has 1 N–H and O–H groups in total. The Bertz CT molecular complexity index is 292. The molecule has 1 rings (SSSR count). The number of carboxylic acids is 1. The van der Waals surface area contributed by atoms with E-state index >= 15 is 0 Å². The summed E-state index contributed by atoms with van der Waals surface area (Å²) < 4.78 is 4.81. The Morgan fingerprint density at radius 2 is 2.18 bits per heavy atom. The van der Waals surface area contributed by atoms with Crippen LogP contribution in [0.2, 0.25) is 0 Å². The highest BCUT2D eigenvalue weighted by Crippen LogP contribution is 2.26. The van der Waals surface area contributed by atoms with Crippen molar-refractivity contribution in [3.8, 4) is 0 Å². The van der Waals surface area contributed by atoms with Crippen molar-refractivity contribution >= 4 is 12.1 Å². The third-order valence-electron chi connectivity index (χ3n) is 3.33. The number of hydrogen-bond donors (Lipinski definition) is 1. The fourth-order valence-electron chi connectivity index (χ4n) is 2.10. The summed E-state index contributed by atoms with van der Waals surface area (Å²) >= 11 is 0. The van der Waals surface area contributed by atoms with Gasteiger partial charge in [0.1, 0.15) is 12.1 Å². The molecule has 0 aromatic rings. The maximum atomic E-state index is 11.5. The second-order valence-corrected chi connectivity index (χ2v) is 4.66. The quantitative estimate of drug-likeness (QED) is 0.696. The molecule has 0 radical (unpaired) electrons. The molecule has 0 bridgehead atoms. The van der Waals surface area contributed by atoms with Gasteiger partial charge in [0.25, 0.3) is 0 Å². The van der Waals surface area contributed by atoms with E-state index in [1.54, 1.807) is 6.92 Å². The highest BCUT2D eigenvalue weighted by molar-refractivity contribution is 5.84. The molecule has 0 aromatic heterocycles. The molecular formula is C12H21NO4. The van der Waals surface area contributed by atoms with Gasteiger partial charge in [0, 0.05) is 0 Å². The molecule has 0 aromatic carbocycles. The van der Waals surface area contributed by atoms with Crippen LogP contribution in [0.15, 0.2) is 0 Å². The topological polar surface area (TPSA) is 66.8 Å². The molecule has 1 fully saturated rings. The molecular weight excluding hydrogens is 222 g/mol. The van der Waals surface area contributed by atoms with Crippen LogP contribution in [0.5, 0.6) is 0 Å². The number of amides is 1. The first-order valence-electron chi connectivity index (χ1n) is 6.20. The van der Waals surface area contributed by atoms with Crippen LogP contribution in [0, 0.1) is 0 Å². The van der Waals surface area contributed by atoms with Gasteiger partial charge in [-0.3, -0.25) is 4.90 Å². The molecule has 5 heteroatoms. The number of nitrogens with zero attached hydrogens (tertiary/aromatic N) is 1. The number of rotatable bonds is 7. The zero-order valence-corrected chi connectivity index (χ0v) is 10.6. The molecule has 1 aliphatic heterocycles. The van der Waals surface area contributed by atoms with Gasteiger partial charge < -0.3 is 9.84 Å². The number of hydrogen-bond acceptors (Lipinski definition) is 3. The second kappa shape index (κ2) is 5.89. The fraction of sp³-hybridized carbons (Fsp3) is 0.833. The molecule has 0 saturated carbocycles. The van der Waals surface area contributed by atoms with Gasteiger partial charge in [-0.05, 0) is 13.3 Å². The molecule has 1 unspecified atom stereocenters. The van der Waals surface area contributed by atoms with Gasteiger partial charge in [-0.1, -0.05) is 32.6 Å². The minimum absolute atomic E-state index is 0.288. The number of cyclic esters (lactones) is 1. The molecule has 0 spiro atoms. The lowest BCUT2D eigenvalue weighted by Crippen LogP contribution is -2.52. The van der Waals surface area contributed by atoms with E-state index in [4.69, 9.17) is 4.74 Å². The number of unbranched alkanes of at least 4 members (excludes halogenated alkanes) is 3. The smallest absolute Gasteiger partial charge is 0.410 e. The SMILES string of the molecule is CCCCCCC(C)(C(=O)O)N1CCOC1=O. The summed E-state index contributed by atoms with van der Waals surface area (Å²) in [5.74, 6) is -0.951. The monoisotopic (exact) mass is 243 g/mol. The summed E-state index contributed by atoms with van der Waals surface area (Å²) in [7, 11) is 0. The third-order valence-corrected chi connectivity index (χ3v) is 3.33. The van der Waals surface area contributed by atoms with Gasteiger partial charge in [-0.25, -0.2) is 9.59 Å². The van der Waals surface area contributed by atoms with Gasteiger partial charge in [0.15, 0.2) is 0 Å². The first-order valence-corrected chi connectivity index (χ1v) is 6.20. The van der Waals surface area contributed by atoms with Crippen molar-refractivity contribution in [1.82, 2.24) is 4.90 Å². The lowest BCUT2D eigenvalue weighted by atomic mass is 9.92. The van der Waals surface area contributed by atoms with E-state index < -0.39 is 17.6 Å². The molecule has 0 aliphatic carbocycles. The minimum Gasteiger partial charge on any atom is -0.480 e. The normalized spacial score (nSPS) is 18.9. The second-order valence-electron chi connectivity index (χ2n) is 4.66. The Morgan fingerprint density at radius 1 is 1.47 bits per heavy atom.